The van der Waals surface area contributed by atoms with Crippen LogP contribution < -0.4 is 10.1 Å². The number of aromatic nitrogens is 2. The van der Waals surface area contributed by atoms with E-state index in [1.807, 2.05) is 32.0 Å². The van der Waals surface area contributed by atoms with Gasteiger partial charge in [0.05, 0.1) is 41.6 Å². The van der Waals surface area contributed by atoms with E-state index >= 15 is 0 Å². The molecule has 0 bridgehead atoms. The summed E-state index contributed by atoms with van der Waals surface area (Å²) in [6.45, 7) is 12.0. The number of hydrogen-bond donors (Lipinski definition) is 2. The molecule has 1 aliphatic heterocycles. The lowest BCUT2D eigenvalue weighted by atomic mass is 9.84. The molecule has 1 aromatic heterocycles. The summed E-state index contributed by atoms with van der Waals surface area (Å²) in [5.41, 5.74) is 4.50. The van der Waals surface area contributed by atoms with E-state index in [0.717, 1.165) is 27.9 Å². The van der Waals surface area contributed by atoms with E-state index in [1.165, 1.54) is 12.8 Å². The van der Waals surface area contributed by atoms with Gasteiger partial charge in [0.1, 0.15) is 0 Å². The average molecular weight is 345 g/mol. The Hall–Kier alpha value is -3.25. The largest absolute Gasteiger partial charge is 0.476 e. The SMILES string of the molecule is [C-]#[N+]C1=C(C)NC(C)=C(C#N)C1c1ccc2[nH]nc(OCC3CC3)c2c1. The van der Waals surface area contributed by atoms with Gasteiger partial charge in [-0.25, -0.2) is 4.85 Å². The summed E-state index contributed by atoms with van der Waals surface area (Å²) < 4.78 is 5.87. The maximum absolute atomic E-state index is 9.66. The number of hydrogen-bond acceptors (Lipinski definition) is 4. The van der Waals surface area contributed by atoms with Crippen LogP contribution in [0.25, 0.3) is 15.7 Å². The second-order valence-corrected chi connectivity index (χ2v) is 6.92. The van der Waals surface area contributed by atoms with Gasteiger partial charge in [-0.05, 0) is 50.3 Å². The van der Waals surface area contributed by atoms with E-state index in [4.69, 9.17) is 11.3 Å². The number of nitrogens with zero attached hydrogens (tertiary/aromatic N) is 3. The van der Waals surface area contributed by atoms with Crippen LogP contribution in [0.4, 0.5) is 0 Å². The summed E-state index contributed by atoms with van der Waals surface area (Å²) in [6.07, 6.45) is 2.44. The van der Waals surface area contributed by atoms with Crippen molar-refractivity contribution < 1.29 is 4.74 Å². The van der Waals surface area contributed by atoms with Gasteiger partial charge in [-0.1, -0.05) is 6.07 Å². The molecule has 1 aliphatic carbocycles. The van der Waals surface area contributed by atoms with Crippen LogP contribution in [0.1, 0.15) is 38.2 Å². The predicted octanol–water partition coefficient (Wildman–Crippen LogP) is 3.99. The third-order valence-electron chi connectivity index (χ3n) is 5.00. The fourth-order valence-electron chi connectivity index (χ4n) is 3.38. The van der Waals surface area contributed by atoms with Crippen LogP contribution in [-0.2, 0) is 0 Å². The number of H-pyrrole nitrogens is 1. The van der Waals surface area contributed by atoms with Gasteiger partial charge in [0, 0.05) is 11.4 Å². The van der Waals surface area contributed by atoms with Gasteiger partial charge in [0.2, 0.25) is 5.88 Å². The zero-order valence-electron chi connectivity index (χ0n) is 14.8. The van der Waals surface area contributed by atoms with Crippen LogP contribution >= 0.6 is 0 Å². The molecule has 1 unspecified atom stereocenters. The summed E-state index contributed by atoms with van der Waals surface area (Å²) in [5.74, 6) is 0.866. The Morgan fingerprint density at radius 2 is 2.15 bits per heavy atom. The lowest BCUT2D eigenvalue weighted by Crippen LogP contribution is -2.22. The van der Waals surface area contributed by atoms with E-state index in [1.54, 1.807) is 0 Å². The lowest BCUT2D eigenvalue weighted by Gasteiger charge is -2.26. The number of allylic oxidation sites excluding steroid dienone is 3. The lowest BCUT2D eigenvalue weighted by molar-refractivity contribution is 0.291. The fraction of sp³-hybridized carbons (Fsp3) is 0.350. The Morgan fingerprint density at radius 3 is 2.85 bits per heavy atom. The van der Waals surface area contributed by atoms with Crippen LogP contribution in [0.15, 0.2) is 40.9 Å². The third kappa shape index (κ3) is 2.70. The topological polar surface area (TPSA) is 78.1 Å². The van der Waals surface area contributed by atoms with Crippen molar-refractivity contribution in [2.24, 2.45) is 5.92 Å². The van der Waals surface area contributed by atoms with Gasteiger partial charge >= 0.3 is 0 Å². The number of rotatable bonds is 4. The molecule has 0 saturated heterocycles. The minimum absolute atomic E-state index is 0.366. The zero-order valence-corrected chi connectivity index (χ0v) is 14.8. The minimum Gasteiger partial charge on any atom is -0.476 e. The normalized spacial score (nSPS) is 19.9. The molecule has 1 atom stereocenters. The fourth-order valence-corrected chi connectivity index (χ4v) is 3.38. The van der Waals surface area contributed by atoms with E-state index < -0.39 is 0 Å². The molecule has 2 aromatic rings. The van der Waals surface area contributed by atoms with Crippen LogP contribution in [0.5, 0.6) is 5.88 Å². The second kappa shape index (κ2) is 6.24. The Bertz CT molecular complexity index is 991. The van der Waals surface area contributed by atoms with Crippen LogP contribution in [0.3, 0.4) is 0 Å². The molecular weight excluding hydrogens is 326 g/mol. The summed E-state index contributed by atoms with van der Waals surface area (Å²) in [5, 5.41) is 21.0. The number of aromatic amines is 1. The minimum atomic E-state index is -0.366. The van der Waals surface area contributed by atoms with Crippen molar-refractivity contribution in [1.82, 2.24) is 15.5 Å². The van der Waals surface area contributed by atoms with Crippen molar-refractivity contribution in [2.75, 3.05) is 6.61 Å². The van der Waals surface area contributed by atoms with Gasteiger partial charge in [-0.3, -0.25) is 5.10 Å². The van der Waals surface area contributed by atoms with Crippen LogP contribution in [0, 0.1) is 23.8 Å². The maximum Gasteiger partial charge on any atom is 0.240 e. The van der Waals surface area contributed by atoms with Gasteiger partial charge < -0.3 is 10.1 Å². The van der Waals surface area contributed by atoms with Gasteiger partial charge in [0.15, 0.2) is 5.70 Å². The van der Waals surface area contributed by atoms with Crippen molar-refractivity contribution in [1.29, 1.82) is 5.26 Å². The Balaban J connectivity index is 1.79. The van der Waals surface area contributed by atoms with E-state index in [-0.39, 0.29) is 5.92 Å². The smallest absolute Gasteiger partial charge is 0.240 e. The molecular formula is C20H19N5O. The monoisotopic (exact) mass is 345 g/mol. The van der Waals surface area contributed by atoms with Gasteiger partial charge in [-0.15, -0.1) is 5.10 Å². The number of nitriles is 1. The van der Waals surface area contributed by atoms with Gasteiger partial charge in [0.25, 0.3) is 0 Å². The number of dihydropyridines is 1. The van der Waals surface area contributed by atoms with E-state index in [9.17, 15) is 5.26 Å². The van der Waals surface area contributed by atoms with Crippen molar-refractivity contribution in [2.45, 2.75) is 32.6 Å². The highest BCUT2D eigenvalue weighted by Crippen LogP contribution is 2.40. The highest BCUT2D eigenvalue weighted by Gasteiger charge is 2.30. The molecule has 1 saturated carbocycles. The number of nitrogens with one attached hydrogen (secondary N) is 2. The molecule has 2 N–H and O–H groups in total. The number of ether oxygens (including phenoxy) is 1. The molecule has 0 amide bonds. The standard InChI is InChI=1S/C20H19N5O/c1-11-16(9-21)18(19(22-3)12(2)23-11)14-6-7-17-15(8-14)20(25-24-17)26-10-13-4-5-13/h6-8,13,18,23H,4-5,10H2,1-2H3,(H,24,25). The number of fused-ring (bicyclic) bond motifs is 1. The molecule has 2 aliphatic rings. The molecule has 2 heterocycles. The first-order valence-electron chi connectivity index (χ1n) is 8.69. The Labute approximate surface area is 152 Å². The quantitative estimate of drug-likeness (QED) is 0.822. The Morgan fingerprint density at radius 1 is 1.35 bits per heavy atom. The van der Waals surface area contributed by atoms with Crippen molar-refractivity contribution in [3.63, 3.8) is 0 Å². The summed E-state index contributed by atoms with van der Waals surface area (Å²) in [4.78, 5) is 3.70. The summed E-state index contributed by atoms with van der Waals surface area (Å²) in [7, 11) is 0. The molecule has 130 valence electrons. The first-order valence-corrected chi connectivity index (χ1v) is 8.69. The average Bonchev–Trinajstić information content (AvgIpc) is 3.38. The molecule has 1 aromatic carbocycles. The van der Waals surface area contributed by atoms with Crippen molar-refractivity contribution >= 4 is 10.9 Å². The predicted molar refractivity (Wildman–Crippen MR) is 97.8 cm³/mol. The molecule has 4 rings (SSSR count). The number of benzene rings is 1. The highest BCUT2D eigenvalue weighted by molar-refractivity contribution is 5.85. The molecule has 6 heteroatoms. The second-order valence-electron chi connectivity index (χ2n) is 6.92. The van der Waals surface area contributed by atoms with E-state index in [0.29, 0.717) is 29.7 Å². The molecule has 0 radical (unpaired) electrons. The van der Waals surface area contributed by atoms with Crippen molar-refractivity contribution in [3.05, 3.63) is 57.8 Å². The van der Waals surface area contributed by atoms with E-state index in [2.05, 4.69) is 26.4 Å². The highest BCUT2D eigenvalue weighted by atomic mass is 16.5. The molecule has 6 nitrogen and oxygen atoms in total. The van der Waals surface area contributed by atoms with Crippen molar-refractivity contribution in [3.8, 4) is 11.9 Å². The van der Waals surface area contributed by atoms with Gasteiger partial charge in [-0.2, -0.15) is 5.26 Å². The molecule has 0 spiro atoms. The first-order chi connectivity index (χ1) is 12.6. The molecule has 26 heavy (non-hydrogen) atoms. The third-order valence-corrected chi connectivity index (χ3v) is 5.00. The van der Waals surface area contributed by atoms with Crippen LogP contribution in [-0.4, -0.2) is 16.8 Å². The maximum atomic E-state index is 9.66. The Kier molecular flexibility index (Phi) is 3.89. The van der Waals surface area contributed by atoms with Crippen LogP contribution in [0.2, 0.25) is 0 Å². The summed E-state index contributed by atoms with van der Waals surface area (Å²) >= 11 is 0. The molecule has 1 fully saturated rings. The first kappa shape index (κ1) is 16.2. The zero-order chi connectivity index (χ0) is 18.3. The summed E-state index contributed by atoms with van der Waals surface area (Å²) in [6, 6.07) is 8.15.